The highest BCUT2D eigenvalue weighted by atomic mass is 32.1. The zero-order chi connectivity index (χ0) is 14.0. The number of rotatable bonds is 3. The molecule has 2 rings (SSSR count). The summed E-state index contributed by atoms with van der Waals surface area (Å²) in [6.07, 6.45) is -0.302. The number of aryl methyl sites for hydroxylation is 1. The molecular weight excluding hydrogens is 268 g/mol. The lowest BCUT2D eigenvalue weighted by molar-refractivity contribution is -0.150. The number of aliphatic hydroxyl groups is 1. The molecule has 104 valence electrons. The molecule has 2 atom stereocenters. The molecule has 0 spiro atoms. The average Bonchev–Trinajstić information content (AvgIpc) is 2.94. The predicted molar refractivity (Wildman–Crippen MR) is 68.7 cm³/mol. The van der Waals surface area contributed by atoms with Crippen LogP contribution >= 0.6 is 11.3 Å². The molecule has 0 aliphatic carbocycles. The van der Waals surface area contributed by atoms with E-state index in [9.17, 15) is 14.7 Å². The van der Waals surface area contributed by atoms with Crippen molar-refractivity contribution in [3.05, 3.63) is 16.1 Å². The van der Waals surface area contributed by atoms with Gasteiger partial charge in [-0.1, -0.05) is 0 Å². The molecule has 1 aliphatic rings. The Hall–Kier alpha value is -1.47. The first-order chi connectivity index (χ1) is 9.01. The quantitative estimate of drug-likeness (QED) is 0.798. The lowest BCUT2D eigenvalue weighted by Crippen LogP contribution is -2.42. The minimum atomic E-state index is -0.688. The molecular formula is C12H16N2O4S. The van der Waals surface area contributed by atoms with Gasteiger partial charge in [-0.15, -0.1) is 11.3 Å². The van der Waals surface area contributed by atoms with Crippen LogP contribution in [-0.2, 0) is 20.7 Å². The Bertz CT molecular complexity index is 488. The van der Waals surface area contributed by atoms with Crippen LogP contribution in [0.1, 0.15) is 17.1 Å². The van der Waals surface area contributed by atoms with Crippen LogP contribution in [0.25, 0.3) is 0 Å². The predicted octanol–water partition coefficient (Wildman–Crippen LogP) is 0.129. The molecule has 1 saturated heterocycles. The summed E-state index contributed by atoms with van der Waals surface area (Å²) in [6.45, 7) is 2.04. The van der Waals surface area contributed by atoms with Gasteiger partial charge in [0.2, 0.25) is 5.91 Å². The molecule has 1 aromatic heterocycles. The van der Waals surface area contributed by atoms with Crippen LogP contribution in [0.5, 0.6) is 0 Å². The number of hydrogen-bond acceptors (Lipinski definition) is 6. The summed E-state index contributed by atoms with van der Waals surface area (Å²) in [5.41, 5.74) is 0.692. The molecule has 6 nitrogen and oxygen atoms in total. The number of thiazole rings is 1. The van der Waals surface area contributed by atoms with Crippen molar-refractivity contribution >= 4 is 23.2 Å². The number of aliphatic hydroxyl groups excluding tert-OH is 1. The fourth-order valence-corrected chi connectivity index (χ4v) is 2.81. The highest BCUT2D eigenvalue weighted by Crippen LogP contribution is 2.20. The van der Waals surface area contributed by atoms with Crippen LogP contribution in [0.15, 0.2) is 5.38 Å². The molecule has 1 aromatic rings. The van der Waals surface area contributed by atoms with Crippen LogP contribution in [0.3, 0.4) is 0 Å². The molecule has 0 bridgehead atoms. The van der Waals surface area contributed by atoms with Crippen LogP contribution in [0.4, 0.5) is 0 Å². The Morgan fingerprint density at radius 1 is 1.63 bits per heavy atom. The lowest BCUT2D eigenvalue weighted by Gasteiger charge is -2.21. The number of hydrogen-bond donors (Lipinski definition) is 1. The number of aromatic nitrogens is 1. The largest absolute Gasteiger partial charge is 0.467 e. The van der Waals surface area contributed by atoms with Gasteiger partial charge in [0.15, 0.2) is 0 Å². The van der Waals surface area contributed by atoms with Gasteiger partial charge in [-0.25, -0.2) is 9.78 Å². The van der Waals surface area contributed by atoms with Gasteiger partial charge < -0.3 is 14.7 Å². The summed E-state index contributed by atoms with van der Waals surface area (Å²) in [6, 6.07) is -0.688. The zero-order valence-electron chi connectivity index (χ0n) is 10.8. The average molecular weight is 284 g/mol. The maximum absolute atomic E-state index is 12.2. The Morgan fingerprint density at radius 2 is 2.37 bits per heavy atom. The maximum atomic E-state index is 12.2. The second-order valence-electron chi connectivity index (χ2n) is 4.51. The third-order valence-electron chi connectivity index (χ3n) is 3.07. The minimum Gasteiger partial charge on any atom is -0.467 e. The minimum absolute atomic E-state index is 0.143. The fraction of sp³-hybridized carbons (Fsp3) is 0.583. The number of likely N-dealkylation sites (tertiary alicyclic amines) is 1. The van der Waals surface area contributed by atoms with E-state index in [1.54, 1.807) is 0 Å². The number of esters is 1. The number of carbonyl (C=O) groups excluding carboxylic acids is 2. The summed E-state index contributed by atoms with van der Waals surface area (Å²) in [4.78, 5) is 29.4. The molecule has 1 N–H and O–H groups in total. The van der Waals surface area contributed by atoms with Gasteiger partial charge in [-0.3, -0.25) is 4.79 Å². The smallest absolute Gasteiger partial charge is 0.328 e. The Morgan fingerprint density at radius 3 is 2.95 bits per heavy atom. The number of methoxy groups -OCH3 is 1. The Balaban J connectivity index is 2.06. The summed E-state index contributed by atoms with van der Waals surface area (Å²) >= 11 is 1.48. The van der Waals surface area contributed by atoms with E-state index in [1.165, 1.54) is 23.3 Å². The lowest BCUT2D eigenvalue weighted by atomic mass is 10.2. The number of ether oxygens (including phenoxy) is 1. The molecule has 1 fully saturated rings. The van der Waals surface area contributed by atoms with E-state index < -0.39 is 18.1 Å². The second kappa shape index (κ2) is 5.66. The van der Waals surface area contributed by atoms with Crippen molar-refractivity contribution in [3.63, 3.8) is 0 Å². The van der Waals surface area contributed by atoms with E-state index >= 15 is 0 Å². The maximum Gasteiger partial charge on any atom is 0.328 e. The van der Waals surface area contributed by atoms with Crippen LogP contribution in [0, 0.1) is 6.92 Å². The van der Waals surface area contributed by atoms with Crippen molar-refractivity contribution in [1.29, 1.82) is 0 Å². The molecule has 19 heavy (non-hydrogen) atoms. The SMILES string of the molecule is COC(=O)C1CC(O)CN1C(=O)Cc1csc(C)n1. The summed E-state index contributed by atoms with van der Waals surface area (Å²) in [5, 5.41) is 12.3. The molecule has 0 saturated carbocycles. The van der Waals surface area contributed by atoms with Crippen molar-refractivity contribution in [1.82, 2.24) is 9.88 Å². The molecule has 1 aliphatic heterocycles. The van der Waals surface area contributed by atoms with Crippen molar-refractivity contribution in [3.8, 4) is 0 Å². The molecule has 2 heterocycles. The summed E-state index contributed by atoms with van der Waals surface area (Å²) in [5.74, 6) is -0.698. The highest BCUT2D eigenvalue weighted by Gasteiger charge is 2.39. The first-order valence-electron chi connectivity index (χ1n) is 5.97. The second-order valence-corrected chi connectivity index (χ2v) is 5.57. The third kappa shape index (κ3) is 3.10. The van der Waals surface area contributed by atoms with Crippen LogP contribution < -0.4 is 0 Å². The van der Waals surface area contributed by atoms with E-state index in [4.69, 9.17) is 0 Å². The normalized spacial score (nSPS) is 22.6. The summed E-state index contributed by atoms with van der Waals surface area (Å²) < 4.78 is 4.66. The van der Waals surface area contributed by atoms with Crippen molar-refractivity contribution in [2.24, 2.45) is 0 Å². The molecule has 0 radical (unpaired) electrons. The highest BCUT2D eigenvalue weighted by molar-refractivity contribution is 7.09. The molecule has 0 aromatic carbocycles. The van der Waals surface area contributed by atoms with Crippen molar-refractivity contribution in [2.45, 2.75) is 31.9 Å². The molecule has 2 unspecified atom stereocenters. The standard InChI is InChI=1S/C12H16N2O4S/c1-7-13-8(6-19-7)3-11(16)14-5-9(15)4-10(14)12(17)18-2/h6,9-10,15H,3-5H2,1-2H3. The first kappa shape index (κ1) is 14.0. The van der Waals surface area contributed by atoms with Gasteiger partial charge in [0, 0.05) is 18.3 Å². The van der Waals surface area contributed by atoms with E-state index in [0.29, 0.717) is 5.69 Å². The van der Waals surface area contributed by atoms with Gasteiger partial charge in [-0.05, 0) is 6.92 Å². The summed E-state index contributed by atoms with van der Waals surface area (Å²) in [7, 11) is 1.28. The Labute approximate surface area is 115 Å². The van der Waals surface area contributed by atoms with E-state index in [2.05, 4.69) is 9.72 Å². The number of β-amino-alcohol motifs (C(OH)–C–C–N with tert-alkyl or cyclic N) is 1. The topological polar surface area (TPSA) is 79.7 Å². The van der Waals surface area contributed by atoms with Crippen LogP contribution in [0.2, 0.25) is 0 Å². The van der Waals surface area contributed by atoms with Gasteiger partial charge >= 0.3 is 5.97 Å². The molecule has 7 heteroatoms. The monoisotopic (exact) mass is 284 g/mol. The van der Waals surface area contributed by atoms with Gasteiger partial charge in [-0.2, -0.15) is 0 Å². The van der Waals surface area contributed by atoms with Gasteiger partial charge in [0.1, 0.15) is 6.04 Å². The van der Waals surface area contributed by atoms with Crippen molar-refractivity contribution < 1.29 is 19.4 Å². The fourth-order valence-electron chi connectivity index (χ4n) is 2.19. The Kier molecular flexibility index (Phi) is 4.16. The van der Waals surface area contributed by atoms with E-state index in [1.807, 2.05) is 12.3 Å². The zero-order valence-corrected chi connectivity index (χ0v) is 11.6. The van der Waals surface area contributed by atoms with E-state index in [0.717, 1.165) is 5.01 Å². The number of carbonyl (C=O) groups is 2. The first-order valence-corrected chi connectivity index (χ1v) is 6.85. The molecule has 1 amide bonds. The van der Waals surface area contributed by atoms with Crippen LogP contribution in [-0.4, -0.2) is 52.7 Å². The number of nitrogens with zero attached hydrogens (tertiary/aromatic N) is 2. The third-order valence-corrected chi connectivity index (χ3v) is 3.89. The van der Waals surface area contributed by atoms with Gasteiger partial charge in [0.05, 0.1) is 30.3 Å². The van der Waals surface area contributed by atoms with E-state index in [-0.39, 0.29) is 25.3 Å². The number of amides is 1. The van der Waals surface area contributed by atoms with Gasteiger partial charge in [0.25, 0.3) is 0 Å². The van der Waals surface area contributed by atoms with Crippen molar-refractivity contribution in [2.75, 3.05) is 13.7 Å².